The molecule has 5 rings (SSSR count). The largest absolute Gasteiger partial charge is 0.493 e. The summed E-state index contributed by atoms with van der Waals surface area (Å²) in [7, 11) is 1.59. The number of hydrogen-bond acceptors (Lipinski definition) is 7. The van der Waals surface area contributed by atoms with Gasteiger partial charge in [0.2, 0.25) is 0 Å². The molecular weight excluding hydrogens is 570 g/mol. The van der Waals surface area contributed by atoms with E-state index in [9.17, 15) is 4.79 Å². The first-order valence-electron chi connectivity index (χ1n) is 14.2. The van der Waals surface area contributed by atoms with E-state index >= 15 is 0 Å². The number of thioether (sulfide) groups is 1. The van der Waals surface area contributed by atoms with E-state index in [0.29, 0.717) is 29.1 Å². The SMILES string of the molecule is COc1cc(/C=N/NC(=O)CSc2nnc(-c3ccc(C(C)(C)C)cc3)n2-c2ccccc2)ccc1OCc1ccccc1. The van der Waals surface area contributed by atoms with E-state index in [1.165, 1.54) is 17.3 Å². The summed E-state index contributed by atoms with van der Waals surface area (Å²) in [6, 6.07) is 33.7. The van der Waals surface area contributed by atoms with Gasteiger partial charge in [-0.1, -0.05) is 105 Å². The number of para-hydroxylation sites is 1. The van der Waals surface area contributed by atoms with Crippen LogP contribution in [0.25, 0.3) is 17.1 Å². The number of ether oxygens (including phenoxy) is 2. The van der Waals surface area contributed by atoms with Gasteiger partial charge in [0.15, 0.2) is 22.5 Å². The average molecular weight is 606 g/mol. The van der Waals surface area contributed by atoms with Crippen molar-refractivity contribution >= 4 is 23.9 Å². The molecule has 9 heteroatoms. The molecule has 1 N–H and O–H groups in total. The Morgan fingerprint density at radius 3 is 2.30 bits per heavy atom. The van der Waals surface area contributed by atoms with Crippen LogP contribution < -0.4 is 14.9 Å². The molecule has 4 aromatic carbocycles. The summed E-state index contributed by atoms with van der Waals surface area (Å²) in [5, 5.41) is 13.7. The molecule has 0 saturated carbocycles. The molecule has 8 nitrogen and oxygen atoms in total. The molecule has 0 spiro atoms. The molecule has 1 heterocycles. The predicted octanol–water partition coefficient (Wildman–Crippen LogP) is 7.06. The van der Waals surface area contributed by atoms with Crippen LogP contribution in [0, 0.1) is 0 Å². The number of rotatable bonds is 11. The third-order valence-corrected chi connectivity index (χ3v) is 7.75. The van der Waals surface area contributed by atoms with E-state index in [1.807, 2.05) is 83.4 Å². The number of methoxy groups -OCH3 is 1. The van der Waals surface area contributed by atoms with Gasteiger partial charge in [-0.2, -0.15) is 5.10 Å². The highest BCUT2D eigenvalue weighted by molar-refractivity contribution is 7.99. The zero-order chi connectivity index (χ0) is 30.9. The van der Waals surface area contributed by atoms with Gasteiger partial charge in [-0.25, -0.2) is 5.43 Å². The molecule has 0 unspecified atom stereocenters. The maximum absolute atomic E-state index is 12.7. The van der Waals surface area contributed by atoms with Crippen LogP contribution in [0.1, 0.15) is 37.5 Å². The van der Waals surface area contributed by atoms with Crippen LogP contribution in [0.15, 0.2) is 113 Å². The Balaban J connectivity index is 1.23. The molecule has 44 heavy (non-hydrogen) atoms. The number of amides is 1. The van der Waals surface area contributed by atoms with E-state index in [1.54, 1.807) is 13.3 Å². The number of hydrogen-bond donors (Lipinski definition) is 1. The number of carbonyl (C=O) groups excluding carboxylic acids is 1. The summed E-state index contributed by atoms with van der Waals surface area (Å²) < 4.78 is 13.4. The summed E-state index contributed by atoms with van der Waals surface area (Å²) in [5.74, 6) is 1.76. The number of carbonyl (C=O) groups is 1. The van der Waals surface area contributed by atoms with Gasteiger partial charge in [0, 0.05) is 11.3 Å². The lowest BCUT2D eigenvalue weighted by Crippen LogP contribution is -2.20. The highest BCUT2D eigenvalue weighted by Gasteiger charge is 2.19. The van der Waals surface area contributed by atoms with Crippen LogP contribution in [-0.2, 0) is 16.8 Å². The predicted molar refractivity (Wildman–Crippen MR) is 176 cm³/mol. The van der Waals surface area contributed by atoms with Crippen LogP contribution in [0.2, 0.25) is 0 Å². The fraction of sp³-hybridized carbons (Fsp3) is 0.200. The second-order valence-electron chi connectivity index (χ2n) is 11.1. The second kappa shape index (κ2) is 14.1. The maximum Gasteiger partial charge on any atom is 0.250 e. The lowest BCUT2D eigenvalue weighted by atomic mass is 9.87. The van der Waals surface area contributed by atoms with Crippen LogP contribution in [0.4, 0.5) is 0 Å². The van der Waals surface area contributed by atoms with E-state index in [4.69, 9.17) is 9.47 Å². The minimum absolute atomic E-state index is 0.0505. The first-order valence-corrected chi connectivity index (χ1v) is 15.2. The van der Waals surface area contributed by atoms with Gasteiger partial charge in [-0.05, 0) is 52.4 Å². The third-order valence-electron chi connectivity index (χ3n) is 6.82. The molecule has 1 amide bonds. The van der Waals surface area contributed by atoms with E-state index in [0.717, 1.165) is 22.4 Å². The van der Waals surface area contributed by atoms with Crippen molar-refractivity contribution in [3.63, 3.8) is 0 Å². The Morgan fingerprint density at radius 1 is 0.909 bits per heavy atom. The molecule has 1 aromatic heterocycles. The van der Waals surface area contributed by atoms with Crippen molar-refractivity contribution in [3.05, 3.63) is 120 Å². The molecule has 0 radical (unpaired) electrons. The number of benzene rings is 4. The van der Waals surface area contributed by atoms with Gasteiger partial charge >= 0.3 is 0 Å². The average Bonchev–Trinajstić information content (AvgIpc) is 3.47. The van der Waals surface area contributed by atoms with Crippen molar-refractivity contribution in [1.82, 2.24) is 20.2 Å². The standard InChI is InChI=1S/C35H35N5O3S/c1-35(2,3)28-18-16-27(17-19-28)33-38-39-34(40(33)29-13-9-6-10-14-29)44-24-32(41)37-36-22-26-15-20-30(31(21-26)42-4)43-23-25-11-7-5-8-12-25/h5-22H,23-24H2,1-4H3,(H,37,41)/b36-22+. The van der Waals surface area contributed by atoms with Crippen LogP contribution in [-0.4, -0.2) is 39.7 Å². The molecule has 0 atom stereocenters. The first kappa shape index (κ1) is 30.6. The van der Waals surface area contributed by atoms with Crippen molar-refractivity contribution in [2.45, 2.75) is 37.9 Å². The molecule has 224 valence electrons. The van der Waals surface area contributed by atoms with Gasteiger partial charge in [0.25, 0.3) is 5.91 Å². The molecule has 0 bridgehead atoms. The van der Waals surface area contributed by atoms with E-state index in [-0.39, 0.29) is 17.1 Å². The van der Waals surface area contributed by atoms with Crippen LogP contribution >= 0.6 is 11.8 Å². The fourth-order valence-electron chi connectivity index (χ4n) is 4.44. The third kappa shape index (κ3) is 7.73. The van der Waals surface area contributed by atoms with Crippen molar-refractivity contribution in [1.29, 1.82) is 0 Å². The quantitative estimate of drug-likeness (QED) is 0.0985. The number of hydrazone groups is 1. The smallest absolute Gasteiger partial charge is 0.250 e. The van der Waals surface area contributed by atoms with E-state index in [2.05, 4.69) is 65.8 Å². The monoisotopic (exact) mass is 605 g/mol. The number of nitrogens with zero attached hydrogens (tertiary/aromatic N) is 4. The normalized spacial score (nSPS) is 11.5. The molecule has 0 fully saturated rings. The van der Waals surface area contributed by atoms with Crippen LogP contribution in [0.5, 0.6) is 11.5 Å². The molecular formula is C35H35N5O3S. The fourth-order valence-corrected chi connectivity index (χ4v) is 5.18. The van der Waals surface area contributed by atoms with Gasteiger partial charge in [-0.15, -0.1) is 10.2 Å². The topological polar surface area (TPSA) is 90.6 Å². The van der Waals surface area contributed by atoms with Gasteiger partial charge in [0.05, 0.1) is 19.1 Å². The lowest BCUT2D eigenvalue weighted by Gasteiger charge is -2.19. The summed E-state index contributed by atoms with van der Waals surface area (Å²) in [4.78, 5) is 12.7. The molecule has 5 aromatic rings. The zero-order valence-electron chi connectivity index (χ0n) is 25.2. The minimum Gasteiger partial charge on any atom is -0.493 e. The zero-order valence-corrected chi connectivity index (χ0v) is 26.0. The number of nitrogens with one attached hydrogen (secondary N) is 1. The summed E-state index contributed by atoms with van der Waals surface area (Å²) in [6.07, 6.45) is 1.57. The van der Waals surface area contributed by atoms with E-state index < -0.39 is 0 Å². The van der Waals surface area contributed by atoms with Crippen molar-refractivity contribution in [3.8, 4) is 28.6 Å². The van der Waals surface area contributed by atoms with Crippen molar-refractivity contribution in [2.75, 3.05) is 12.9 Å². The Bertz CT molecular complexity index is 1710. The van der Waals surface area contributed by atoms with Crippen molar-refractivity contribution in [2.24, 2.45) is 5.10 Å². The number of aromatic nitrogens is 3. The van der Waals surface area contributed by atoms with Gasteiger partial charge in [-0.3, -0.25) is 9.36 Å². The van der Waals surface area contributed by atoms with Gasteiger partial charge in [0.1, 0.15) is 6.61 Å². The summed E-state index contributed by atoms with van der Waals surface area (Å²) in [6.45, 7) is 7.00. The highest BCUT2D eigenvalue weighted by Crippen LogP contribution is 2.31. The lowest BCUT2D eigenvalue weighted by molar-refractivity contribution is -0.118. The maximum atomic E-state index is 12.7. The highest BCUT2D eigenvalue weighted by atomic mass is 32.2. The summed E-state index contributed by atoms with van der Waals surface area (Å²) >= 11 is 1.30. The Kier molecular flexibility index (Phi) is 9.76. The molecule has 0 aliphatic rings. The van der Waals surface area contributed by atoms with Crippen molar-refractivity contribution < 1.29 is 14.3 Å². The second-order valence-corrected chi connectivity index (χ2v) is 12.0. The Labute approximate surface area is 262 Å². The Hall–Kier alpha value is -4.89. The minimum atomic E-state index is -0.264. The van der Waals surface area contributed by atoms with Crippen LogP contribution in [0.3, 0.4) is 0 Å². The van der Waals surface area contributed by atoms with Gasteiger partial charge < -0.3 is 9.47 Å². The molecule has 0 saturated heterocycles. The Morgan fingerprint density at radius 2 is 1.61 bits per heavy atom. The molecule has 0 aliphatic heterocycles. The molecule has 0 aliphatic carbocycles. The summed E-state index contributed by atoms with van der Waals surface area (Å²) in [5.41, 5.74) is 7.57. The first-order chi connectivity index (χ1) is 21.3.